The Labute approximate surface area is 166 Å². The molecule has 2 heterocycles. The van der Waals surface area contributed by atoms with Crippen LogP contribution in [0.3, 0.4) is 0 Å². The number of carbonyl (C=O) groups is 2. The SMILES string of the molecule is Cc1nc(C)c(C(=O)OCC(=O)c2c(-c3ccccc3)[nH]c3ccccc23)s1. The Morgan fingerprint density at radius 1 is 1.04 bits per heavy atom. The summed E-state index contributed by atoms with van der Waals surface area (Å²) in [4.78, 5) is 33.4. The molecule has 0 spiro atoms. The number of benzene rings is 2. The third-order valence-electron chi connectivity index (χ3n) is 4.47. The van der Waals surface area contributed by atoms with Crippen molar-refractivity contribution in [3.8, 4) is 11.3 Å². The average molecular weight is 390 g/mol. The second-order valence-electron chi connectivity index (χ2n) is 6.43. The van der Waals surface area contributed by atoms with Gasteiger partial charge in [-0.15, -0.1) is 11.3 Å². The van der Waals surface area contributed by atoms with Gasteiger partial charge in [0.1, 0.15) is 4.88 Å². The number of nitrogens with zero attached hydrogens (tertiary/aromatic N) is 1. The number of thiazole rings is 1. The smallest absolute Gasteiger partial charge is 0.350 e. The van der Waals surface area contributed by atoms with Crippen LogP contribution in [0.1, 0.15) is 30.7 Å². The van der Waals surface area contributed by atoms with Crippen molar-refractivity contribution >= 4 is 34.0 Å². The van der Waals surface area contributed by atoms with Crippen molar-refractivity contribution in [2.75, 3.05) is 6.61 Å². The monoisotopic (exact) mass is 390 g/mol. The molecule has 2 aromatic heterocycles. The zero-order chi connectivity index (χ0) is 19.7. The van der Waals surface area contributed by atoms with Crippen molar-refractivity contribution in [3.05, 3.63) is 75.7 Å². The molecule has 5 nitrogen and oxygen atoms in total. The minimum absolute atomic E-state index is 0.247. The van der Waals surface area contributed by atoms with Crippen LogP contribution in [0.4, 0.5) is 0 Å². The molecule has 0 bridgehead atoms. The Kier molecular flexibility index (Phi) is 4.79. The highest BCUT2D eigenvalue weighted by Gasteiger charge is 2.22. The number of ketones is 1. The lowest BCUT2D eigenvalue weighted by molar-refractivity contribution is 0.0479. The maximum Gasteiger partial charge on any atom is 0.350 e. The van der Waals surface area contributed by atoms with Crippen LogP contribution < -0.4 is 0 Å². The second kappa shape index (κ2) is 7.40. The molecule has 0 saturated carbocycles. The topological polar surface area (TPSA) is 72.0 Å². The van der Waals surface area contributed by atoms with E-state index in [9.17, 15) is 9.59 Å². The highest BCUT2D eigenvalue weighted by Crippen LogP contribution is 2.30. The number of aryl methyl sites for hydroxylation is 2. The molecule has 0 saturated heterocycles. The number of ether oxygens (including phenoxy) is 1. The lowest BCUT2D eigenvalue weighted by atomic mass is 10.0. The summed E-state index contributed by atoms with van der Waals surface area (Å²) >= 11 is 1.27. The lowest BCUT2D eigenvalue weighted by Gasteiger charge is -2.06. The van der Waals surface area contributed by atoms with E-state index in [-0.39, 0.29) is 12.4 Å². The summed E-state index contributed by atoms with van der Waals surface area (Å²) in [5.41, 5.74) is 3.66. The molecule has 0 fully saturated rings. The van der Waals surface area contributed by atoms with Gasteiger partial charge in [0.2, 0.25) is 5.78 Å². The molecule has 4 rings (SSSR count). The normalized spacial score (nSPS) is 10.9. The van der Waals surface area contributed by atoms with E-state index >= 15 is 0 Å². The molecule has 2 aromatic carbocycles. The van der Waals surface area contributed by atoms with Crippen LogP contribution in [0.15, 0.2) is 54.6 Å². The van der Waals surface area contributed by atoms with Gasteiger partial charge in [0.25, 0.3) is 0 Å². The maximum absolute atomic E-state index is 13.0. The van der Waals surface area contributed by atoms with E-state index in [0.29, 0.717) is 16.1 Å². The summed E-state index contributed by atoms with van der Waals surface area (Å²) < 4.78 is 5.32. The number of H-pyrrole nitrogens is 1. The van der Waals surface area contributed by atoms with Crippen molar-refractivity contribution < 1.29 is 14.3 Å². The number of nitrogens with one attached hydrogen (secondary N) is 1. The number of Topliss-reactive ketones (excluding diaryl/α,β-unsaturated/α-hetero) is 1. The number of para-hydroxylation sites is 1. The molecule has 0 unspecified atom stereocenters. The van der Waals surface area contributed by atoms with Gasteiger partial charge in [-0.25, -0.2) is 9.78 Å². The zero-order valence-corrected chi connectivity index (χ0v) is 16.3. The van der Waals surface area contributed by atoms with Gasteiger partial charge < -0.3 is 9.72 Å². The number of carbonyl (C=O) groups excluding carboxylic acids is 2. The van der Waals surface area contributed by atoms with Crippen molar-refractivity contribution in [1.82, 2.24) is 9.97 Å². The largest absolute Gasteiger partial charge is 0.453 e. The first-order valence-corrected chi connectivity index (χ1v) is 9.66. The summed E-state index contributed by atoms with van der Waals surface area (Å²) in [6.45, 7) is 3.27. The minimum atomic E-state index is -0.516. The van der Waals surface area contributed by atoms with Gasteiger partial charge in [-0.1, -0.05) is 48.5 Å². The van der Waals surface area contributed by atoms with E-state index in [1.165, 1.54) is 11.3 Å². The number of hydrogen-bond donors (Lipinski definition) is 1. The van der Waals surface area contributed by atoms with Crippen LogP contribution in [0.2, 0.25) is 0 Å². The lowest BCUT2D eigenvalue weighted by Crippen LogP contribution is -2.14. The van der Waals surface area contributed by atoms with Gasteiger partial charge in [-0.05, 0) is 25.5 Å². The Hall–Kier alpha value is -3.25. The summed E-state index contributed by atoms with van der Waals surface area (Å²) in [5, 5.41) is 1.60. The molecule has 0 aliphatic carbocycles. The van der Waals surface area contributed by atoms with Crippen molar-refractivity contribution in [2.45, 2.75) is 13.8 Å². The molecule has 0 atom stereocenters. The number of fused-ring (bicyclic) bond motifs is 1. The third-order valence-corrected chi connectivity index (χ3v) is 5.52. The van der Waals surface area contributed by atoms with E-state index in [1.54, 1.807) is 6.92 Å². The Morgan fingerprint density at radius 2 is 1.75 bits per heavy atom. The number of aromatic amines is 1. The fourth-order valence-corrected chi connectivity index (χ4v) is 4.06. The molecule has 4 aromatic rings. The van der Waals surface area contributed by atoms with Gasteiger partial charge in [0.15, 0.2) is 6.61 Å². The molecule has 140 valence electrons. The Bertz CT molecular complexity index is 1180. The minimum Gasteiger partial charge on any atom is -0.453 e. The number of rotatable bonds is 5. The van der Waals surface area contributed by atoms with Gasteiger partial charge in [0, 0.05) is 10.9 Å². The molecule has 1 N–H and O–H groups in total. The summed E-state index contributed by atoms with van der Waals surface area (Å²) in [6, 6.07) is 17.3. The quantitative estimate of drug-likeness (QED) is 0.387. The van der Waals surface area contributed by atoms with E-state index < -0.39 is 5.97 Å². The fraction of sp³-hybridized carbons (Fsp3) is 0.136. The molecule has 0 aliphatic rings. The summed E-state index contributed by atoms with van der Waals surface area (Å²) in [6.07, 6.45) is 0. The van der Waals surface area contributed by atoms with Gasteiger partial charge in [0.05, 0.1) is 22.0 Å². The zero-order valence-electron chi connectivity index (χ0n) is 15.5. The number of aromatic nitrogens is 2. The number of hydrogen-bond acceptors (Lipinski definition) is 5. The fourth-order valence-electron chi connectivity index (χ4n) is 3.24. The van der Waals surface area contributed by atoms with Crippen LogP contribution in [0, 0.1) is 13.8 Å². The van der Waals surface area contributed by atoms with Gasteiger partial charge in [-0.3, -0.25) is 4.79 Å². The van der Waals surface area contributed by atoms with Crippen molar-refractivity contribution in [3.63, 3.8) is 0 Å². The first kappa shape index (κ1) is 18.1. The third kappa shape index (κ3) is 3.34. The molecule has 28 heavy (non-hydrogen) atoms. The summed E-state index contributed by atoms with van der Waals surface area (Å²) in [5.74, 6) is -0.763. The number of esters is 1. The standard InChI is InChI=1S/C22H18N2O3S/c1-13-21(28-14(2)23-13)22(26)27-12-18(25)19-16-10-6-7-11-17(16)24-20(19)15-8-4-3-5-9-15/h3-11,24H,12H2,1-2H3. The first-order valence-electron chi connectivity index (χ1n) is 8.85. The van der Waals surface area contributed by atoms with E-state index in [2.05, 4.69) is 9.97 Å². The molecule has 0 radical (unpaired) electrons. The van der Waals surface area contributed by atoms with Crippen LogP contribution in [0.5, 0.6) is 0 Å². The van der Waals surface area contributed by atoms with Crippen LogP contribution in [0.25, 0.3) is 22.2 Å². The Balaban J connectivity index is 1.65. The van der Waals surface area contributed by atoms with Crippen LogP contribution >= 0.6 is 11.3 Å². The van der Waals surface area contributed by atoms with Crippen molar-refractivity contribution in [1.29, 1.82) is 0 Å². The van der Waals surface area contributed by atoms with Crippen LogP contribution in [-0.2, 0) is 4.74 Å². The Morgan fingerprint density at radius 3 is 2.46 bits per heavy atom. The molecule has 0 amide bonds. The predicted molar refractivity (Wildman–Crippen MR) is 110 cm³/mol. The highest BCUT2D eigenvalue weighted by molar-refractivity contribution is 7.13. The van der Waals surface area contributed by atoms with Gasteiger partial charge in [-0.2, -0.15) is 0 Å². The average Bonchev–Trinajstić information content (AvgIpc) is 3.26. The van der Waals surface area contributed by atoms with Crippen LogP contribution in [-0.4, -0.2) is 28.3 Å². The second-order valence-corrected chi connectivity index (χ2v) is 7.64. The molecule has 6 heteroatoms. The maximum atomic E-state index is 13.0. The highest BCUT2D eigenvalue weighted by atomic mass is 32.1. The first-order chi connectivity index (χ1) is 13.5. The van der Waals surface area contributed by atoms with Crippen molar-refractivity contribution in [2.24, 2.45) is 0 Å². The predicted octanol–water partition coefficient (Wildman–Crippen LogP) is 4.95. The van der Waals surface area contributed by atoms with Gasteiger partial charge >= 0.3 is 5.97 Å². The summed E-state index contributed by atoms with van der Waals surface area (Å²) in [7, 11) is 0. The van der Waals surface area contributed by atoms with E-state index in [4.69, 9.17) is 4.74 Å². The molecular formula is C22H18N2O3S. The molecule has 0 aliphatic heterocycles. The van der Waals surface area contributed by atoms with E-state index in [0.717, 1.165) is 27.2 Å². The molecular weight excluding hydrogens is 372 g/mol. The van der Waals surface area contributed by atoms with E-state index in [1.807, 2.05) is 61.5 Å².